The first-order valence-corrected chi connectivity index (χ1v) is 30.9. The maximum atomic E-state index is 7.14. The zero-order valence-corrected chi connectivity index (χ0v) is 52.0. The molecule has 0 spiro atoms. The lowest BCUT2D eigenvalue weighted by Gasteiger charge is -2.53. The minimum Gasteiger partial charge on any atom is -0.454 e. The van der Waals surface area contributed by atoms with Crippen molar-refractivity contribution in [1.29, 1.82) is 0 Å². The largest absolute Gasteiger partial charge is 0.454 e. The predicted molar refractivity (Wildman–Crippen MR) is 360 cm³/mol. The number of nitrogens with zero attached hydrogens (tertiary/aromatic N) is 4. The Labute approximate surface area is 500 Å². The SMILES string of the molecule is CC(C)(C)c1ccc(N(c2ccc(C(C)(C)C)cc2)c2ccc3c(c2)B2c4cccc5c4N(c4cc(N(c6ccc(C(C)(C)C)cc6)c6ccc(C(C)(C)C)cc6)cc(c42)N3c2cccc3c2oc2ccccc23)C2(C)CCCCC52C)cc1. The van der Waals surface area contributed by atoms with Gasteiger partial charge in [-0.2, -0.15) is 0 Å². The Morgan fingerprint density at radius 3 is 1.44 bits per heavy atom. The molecule has 4 aliphatic rings. The lowest BCUT2D eigenvalue weighted by atomic mass is 9.33. The highest BCUT2D eigenvalue weighted by molar-refractivity contribution is 7.00. The number of para-hydroxylation sites is 3. The van der Waals surface area contributed by atoms with Gasteiger partial charge in [0.15, 0.2) is 5.58 Å². The van der Waals surface area contributed by atoms with E-state index < -0.39 is 0 Å². The Balaban J connectivity index is 1.09. The van der Waals surface area contributed by atoms with E-state index in [0.29, 0.717) is 0 Å². The molecule has 0 saturated heterocycles. The molecule has 1 aliphatic carbocycles. The molecule has 2 atom stereocenters. The molecule has 422 valence electrons. The van der Waals surface area contributed by atoms with E-state index in [1.54, 1.807) is 0 Å². The Kier molecular flexibility index (Phi) is 12.1. The van der Waals surface area contributed by atoms with Crippen molar-refractivity contribution in [3.8, 4) is 0 Å². The minimum absolute atomic E-state index is 0.00188. The summed E-state index contributed by atoms with van der Waals surface area (Å²) >= 11 is 0. The van der Waals surface area contributed by atoms with Crippen molar-refractivity contribution in [3.63, 3.8) is 0 Å². The molecule has 2 unspecified atom stereocenters. The predicted octanol–water partition coefficient (Wildman–Crippen LogP) is 20.1. The number of hydrogen-bond acceptors (Lipinski definition) is 5. The van der Waals surface area contributed by atoms with E-state index in [1.165, 1.54) is 74.1 Å². The molecule has 6 heteroatoms. The molecule has 0 radical (unpaired) electrons. The topological polar surface area (TPSA) is 26.1 Å². The third-order valence-corrected chi connectivity index (χ3v) is 20.0. The van der Waals surface area contributed by atoms with Crippen LogP contribution in [0.1, 0.15) is 150 Å². The Hall–Kier alpha value is -7.96. The molecule has 1 aromatic heterocycles. The second-order valence-electron chi connectivity index (χ2n) is 29.4. The Morgan fingerprint density at radius 1 is 0.417 bits per heavy atom. The van der Waals surface area contributed by atoms with Gasteiger partial charge in [0.2, 0.25) is 0 Å². The van der Waals surface area contributed by atoms with Gasteiger partial charge in [-0.3, -0.25) is 0 Å². The van der Waals surface area contributed by atoms with Gasteiger partial charge >= 0.3 is 0 Å². The molecule has 1 fully saturated rings. The summed E-state index contributed by atoms with van der Waals surface area (Å²) in [6, 6.07) is 72.4. The lowest BCUT2D eigenvalue weighted by Crippen LogP contribution is -2.64. The van der Waals surface area contributed by atoms with Crippen LogP contribution in [0.25, 0.3) is 21.9 Å². The third-order valence-electron chi connectivity index (χ3n) is 20.0. The van der Waals surface area contributed by atoms with E-state index in [1.807, 2.05) is 0 Å². The fraction of sp³-hybridized carbons (Fsp3) is 0.308. The fourth-order valence-corrected chi connectivity index (χ4v) is 15.0. The summed E-state index contributed by atoms with van der Waals surface area (Å²) in [5, 5.41) is 2.23. The normalized spacial score (nSPS) is 18.2. The van der Waals surface area contributed by atoms with Gasteiger partial charge in [0.1, 0.15) is 5.58 Å². The molecule has 0 amide bonds. The molecule has 10 aromatic rings. The highest BCUT2D eigenvalue weighted by Crippen LogP contribution is 2.62. The zero-order valence-electron chi connectivity index (χ0n) is 52.0. The van der Waals surface area contributed by atoms with E-state index in [9.17, 15) is 0 Å². The van der Waals surface area contributed by atoms with Gasteiger partial charge in [-0.15, -0.1) is 0 Å². The summed E-state index contributed by atoms with van der Waals surface area (Å²) in [6.07, 6.45) is 4.67. The zero-order chi connectivity index (χ0) is 58.6. The Bertz CT molecular complexity index is 4110. The molecular formula is C78H81BN4O. The summed E-state index contributed by atoms with van der Waals surface area (Å²) in [5.41, 5.74) is 25.0. The summed E-state index contributed by atoms with van der Waals surface area (Å²) in [7, 11) is 0. The van der Waals surface area contributed by atoms with E-state index in [4.69, 9.17) is 4.42 Å². The first-order valence-electron chi connectivity index (χ1n) is 30.9. The van der Waals surface area contributed by atoms with Crippen LogP contribution in [0.15, 0.2) is 192 Å². The van der Waals surface area contributed by atoms with Gasteiger partial charge < -0.3 is 24.0 Å². The van der Waals surface area contributed by atoms with Crippen LogP contribution in [0.5, 0.6) is 0 Å². The lowest BCUT2D eigenvalue weighted by molar-refractivity contribution is 0.195. The number of benzene rings is 9. The third kappa shape index (κ3) is 8.31. The smallest absolute Gasteiger partial charge is 0.252 e. The van der Waals surface area contributed by atoms with Crippen LogP contribution < -0.4 is 36.0 Å². The monoisotopic (exact) mass is 1100 g/mol. The fourth-order valence-electron chi connectivity index (χ4n) is 15.0. The number of hydrogen-bond donors (Lipinski definition) is 0. The molecule has 0 N–H and O–H groups in total. The van der Waals surface area contributed by atoms with Crippen molar-refractivity contribution in [3.05, 3.63) is 216 Å². The number of rotatable bonds is 7. The van der Waals surface area contributed by atoms with E-state index in [-0.39, 0.29) is 39.3 Å². The second kappa shape index (κ2) is 18.8. The van der Waals surface area contributed by atoms with Crippen LogP contribution in [0, 0.1) is 0 Å². The van der Waals surface area contributed by atoms with Crippen LogP contribution in [0.2, 0.25) is 0 Å². The maximum absolute atomic E-state index is 7.14. The van der Waals surface area contributed by atoms with Crippen molar-refractivity contribution in [2.75, 3.05) is 19.6 Å². The van der Waals surface area contributed by atoms with Gasteiger partial charge in [0, 0.05) is 67.4 Å². The van der Waals surface area contributed by atoms with Crippen molar-refractivity contribution < 1.29 is 4.42 Å². The summed E-state index contributed by atoms with van der Waals surface area (Å²) in [6.45, 7) is 32.7. The van der Waals surface area contributed by atoms with Crippen molar-refractivity contribution in [1.82, 2.24) is 0 Å². The summed E-state index contributed by atoms with van der Waals surface area (Å²) in [5.74, 6) is 0. The molecule has 1 saturated carbocycles. The van der Waals surface area contributed by atoms with Gasteiger partial charge in [-0.05, 0) is 177 Å². The molecule has 9 aromatic carbocycles. The molecule has 14 rings (SSSR count). The molecular weight excluding hydrogens is 1020 g/mol. The molecule has 3 aliphatic heterocycles. The number of furan rings is 1. The number of fused-ring (bicyclic) bond motifs is 10. The van der Waals surface area contributed by atoms with E-state index in [0.717, 1.165) is 80.3 Å². The Morgan fingerprint density at radius 2 is 0.893 bits per heavy atom. The van der Waals surface area contributed by atoms with Gasteiger partial charge in [0.05, 0.1) is 16.9 Å². The van der Waals surface area contributed by atoms with Gasteiger partial charge in [-0.1, -0.05) is 200 Å². The average molecular weight is 1100 g/mol. The van der Waals surface area contributed by atoms with Crippen molar-refractivity contribution in [2.24, 2.45) is 0 Å². The first-order chi connectivity index (χ1) is 39.9. The van der Waals surface area contributed by atoms with Crippen molar-refractivity contribution >= 4 is 108 Å². The molecule has 5 nitrogen and oxygen atoms in total. The van der Waals surface area contributed by atoms with Crippen molar-refractivity contribution in [2.45, 2.75) is 155 Å². The highest BCUT2D eigenvalue weighted by Gasteiger charge is 2.61. The van der Waals surface area contributed by atoms with Gasteiger partial charge in [0.25, 0.3) is 6.71 Å². The molecule has 0 bridgehead atoms. The standard InChI is InChI=1S/C78H81BN4O/c1-73(2,3)50-27-35-54(36-28-50)80(55-37-29-51(30-38-55)74(4,5)6)58-43-44-65-64(47-58)79-63-24-20-23-62-71(63)83(78(14)46-18-17-45-77(62,78)13)68-49-59(48-67(70(68)79)82(65)66-25-19-22-61-60-21-15-16-26-69(60)84-72(61)66)81(56-39-31-52(32-40-56)75(7,8)9)57-41-33-53(34-42-57)76(10,11)12/h15-16,19-44,47-49H,17-18,45-46H2,1-14H3. The van der Waals surface area contributed by atoms with E-state index >= 15 is 0 Å². The number of anilines is 11. The average Bonchev–Trinajstić information content (AvgIpc) is 1.44. The second-order valence-corrected chi connectivity index (χ2v) is 29.4. The maximum Gasteiger partial charge on any atom is 0.252 e. The minimum atomic E-state index is -0.185. The van der Waals surface area contributed by atoms with Crippen LogP contribution in [0.3, 0.4) is 0 Å². The molecule has 84 heavy (non-hydrogen) atoms. The van der Waals surface area contributed by atoms with Crippen LogP contribution in [-0.2, 0) is 27.1 Å². The highest BCUT2D eigenvalue weighted by atomic mass is 16.3. The van der Waals surface area contributed by atoms with Crippen LogP contribution >= 0.6 is 0 Å². The summed E-state index contributed by atoms with van der Waals surface area (Å²) < 4.78 is 7.14. The van der Waals surface area contributed by atoms with Gasteiger partial charge in [-0.25, -0.2) is 0 Å². The quantitative estimate of drug-likeness (QED) is 0.148. The summed E-state index contributed by atoms with van der Waals surface area (Å²) in [4.78, 5) is 10.5. The first kappa shape index (κ1) is 54.0. The van der Waals surface area contributed by atoms with Crippen LogP contribution in [0.4, 0.5) is 62.6 Å². The van der Waals surface area contributed by atoms with Crippen LogP contribution in [-0.4, -0.2) is 12.3 Å². The molecule has 4 heterocycles. The van der Waals surface area contributed by atoms with E-state index in [2.05, 4.69) is 305 Å².